The van der Waals surface area contributed by atoms with E-state index < -0.39 is 0 Å². The monoisotopic (exact) mass is 294 g/mol. The van der Waals surface area contributed by atoms with Gasteiger partial charge in [0.2, 0.25) is 0 Å². The zero-order valence-electron chi connectivity index (χ0n) is 12.9. The third-order valence-corrected chi connectivity index (χ3v) is 4.69. The molecule has 2 nitrogen and oxygen atoms in total. The molecule has 0 saturated carbocycles. The second kappa shape index (κ2) is 7.44. The Morgan fingerprint density at radius 3 is 2.60 bits per heavy atom. The van der Waals surface area contributed by atoms with Crippen molar-refractivity contribution in [3.05, 3.63) is 34.9 Å². The van der Waals surface area contributed by atoms with E-state index in [0.717, 1.165) is 5.02 Å². The Morgan fingerprint density at radius 1 is 1.15 bits per heavy atom. The smallest absolute Gasteiger partial charge is 0.0453 e. The van der Waals surface area contributed by atoms with Crippen LogP contribution >= 0.6 is 11.6 Å². The molecule has 0 aromatic heterocycles. The van der Waals surface area contributed by atoms with Crippen LogP contribution in [0.1, 0.15) is 51.6 Å². The minimum atomic E-state index is 0.319. The number of hydrogen-bond donors (Lipinski definition) is 1. The molecule has 1 aromatic carbocycles. The predicted octanol–water partition coefficient (Wildman–Crippen LogP) is 4.25. The van der Waals surface area contributed by atoms with Gasteiger partial charge in [-0.25, -0.2) is 0 Å². The van der Waals surface area contributed by atoms with Crippen molar-refractivity contribution in [2.45, 2.75) is 58.2 Å². The Balaban J connectivity index is 1.92. The molecular formula is C17H27ClN2. The number of nitrogens with zero attached hydrogens (tertiary/aromatic N) is 1. The Morgan fingerprint density at radius 2 is 1.90 bits per heavy atom. The summed E-state index contributed by atoms with van der Waals surface area (Å²) in [5.41, 5.74) is 1.21. The molecule has 1 aliphatic heterocycles. The van der Waals surface area contributed by atoms with Crippen LogP contribution in [0.15, 0.2) is 24.3 Å². The molecule has 1 unspecified atom stereocenters. The number of hydrogen-bond acceptors (Lipinski definition) is 2. The molecule has 1 fully saturated rings. The summed E-state index contributed by atoms with van der Waals surface area (Å²) in [6.45, 7) is 9.23. The number of halogens is 1. The highest BCUT2D eigenvalue weighted by Crippen LogP contribution is 2.24. The summed E-state index contributed by atoms with van der Waals surface area (Å²) in [4.78, 5) is 2.59. The first-order valence-electron chi connectivity index (χ1n) is 7.82. The summed E-state index contributed by atoms with van der Waals surface area (Å²) in [5, 5.41) is 4.63. The van der Waals surface area contributed by atoms with Crippen molar-refractivity contribution < 1.29 is 0 Å². The van der Waals surface area contributed by atoms with Crippen molar-refractivity contribution in [2.75, 3.05) is 13.1 Å². The van der Waals surface area contributed by atoms with E-state index in [-0.39, 0.29) is 0 Å². The van der Waals surface area contributed by atoms with E-state index in [1.54, 1.807) is 0 Å². The van der Waals surface area contributed by atoms with Gasteiger partial charge in [0.25, 0.3) is 0 Å². The highest BCUT2D eigenvalue weighted by molar-refractivity contribution is 6.31. The molecular weight excluding hydrogens is 268 g/mol. The topological polar surface area (TPSA) is 15.3 Å². The molecule has 1 aliphatic rings. The molecule has 3 heteroatoms. The minimum Gasteiger partial charge on any atom is -0.307 e. The number of nitrogens with one attached hydrogen (secondary N) is 1. The zero-order chi connectivity index (χ0) is 14.5. The summed E-state index contributed by atoms with van der Waals surface area (Å²) < 4.78 is 0. The summed E-state index contributed by atoms with van der Waals surface area (Å²) in [6.07, 6.45) is 3.77. The molecule has 2 atom stereocenters. The third kappa shape index (κ3) is 4.21. The first kappa shape index (κ1) is 15.8. The molecule has 0 aliphatic carbocycles. The fourth-order valence-corrected chi connectivity index (χ4v) is 3.37. The van der Waals surface area contributed by atoms with Crippen LogP contribution in [0.4, 0.5) is 0 Å². The van der Waals surface area contributed by atoms with Gasteiger partial charge in [-0.1, -0.05) is 29.8 Å². The first-order chi connectivity index (χ1) is 9.58. The van der Waals surface area contributed by atoms with Crippen LogP contribution in [0.5, 0.6) is 0 Å². The molecule has 1 aromatic rings. The zero-order valence-corrected chi connectivity index (χ0v) is 13.7. The van der Waals surface area contributed by atoms with Crippen LogP contribution in [-0.2, 0) is 0 Å². The molecule has 0 amide bonds. The van der Waals surface area contributed by atoms with Gasteiger partial charge in [0.05, 0.1) is 0 Å². The normalized spacial score (nSPS) is 22.8. The van der Waals surface area contributed by atoms with Crippen LogP contribution in [0.3, 0.4) is 0 Å². The predicted molar refractivity (Wildman–Crippen MR) is 87.4 cm³/mol. The van der Waals surface area contributed by atoms with Gasteiger partial charge in [-0.05, 0) is 64.8 Å². The van der Waals surface area contributed by atoms with Gasteiger partial charge in [-0.15, -0.1) is 0 Å². The number of rotatable bonds is 4. The molecule has 1 saturated heterocycles. The van der Waals surface area contributed by atoms with Gasteiger partial charge in [0.1, 0.15) is 0 Å². The number of benzene rings is 1. The quantitative estimate of drug-likeness (QED) is 0.893. The molecule has 0 radical (unpaired) electrons. The largest absolute Gasteiger partial charge is 0.307 e. The average molecular weight is 295 g/mol. The lowest BCUT2D eigenvalue weighted by atomic mass is 10.0. The lowest BCUT2D eigenvalue weighted by molar-refractivity contribution is 0.228. The van der Waals surface area contributed by atoms with E-state index in [9.17, 15) is 0 Å². The lowest BCUT2D eigenvalue weighted by Gasteiger charge is -2.25. The highest BCUT2D eigenvalue weighted by atomic mass is 35.5. The lowest BCUT2D eigenvalue weighted by Crippen LogP contribution is -2.35. The van der Waals surface area contributed by atoms with Crippen LogP contribution in [0.25, 0.3) is 0 Å². The SMILES string of the molecule is CC(C)N1CCCC(N[C@H](C)c2ccccc2Cl)CC1. The van der Waals surface area contributed by atoms with Gasteiger partial charge < -0.3 is 10.2 Å². The van der Waals surface area contributed by atoms with Gasteiger partial charge >= 0.3 is 0 Å². The van der Waals surface area contributed by atoms with Crippen molar-refractivity contribution in [1.29, 1.82) is 0 Å². The van der Waals surface area contributed by atoms with Crippen molar-refractivity contribution >= 4 is 11.6 Å². The summed E-state index contributed by atoms with van der Waals surface area (Å²) in [5.74, 6) is 0. The molecule has 2 rings (SSSR count). The molecule has 112 valence electrons. The van der Waals surface area contributed by atoms with E-state index in [2.05, 4.69) is 43.1 Å². The van der Waals surface area contributed by atoms with Crippen LogP contribution < -0.4 is 5.32 Å². The van der Waals surface area contributed by atoms with Crippen molar-refractivity contribution in [1.82, 2.24) is 10.2 Å². The van der Waals surface area contributed by atoms with Gasteiger partial charge in [-0.3, -0.25) is 0 Å². The number of likely N-dealkylation sites (tertiary alicyclic amines) is 1. The van der Waals surface area contributed by atoms with Crippen LogP contribution in [-0.4, -0.2) is 30.1 Å². The minimum absolute atomic E-state index is 0.319. The van der Waals surface area contributed by atoms with E-state index in [1.165, 1.54) is 37.9 Å². The van der Waals surface area contributed by atoms with E-state index in [4.69, 9.17) is 11.6 Å². The summed E-state index contributed by atoms with van der Waals surface area (Å²) >= 11 is 6.29. The van der Waals surface area contributed by atoms with E-state index >= 15 is 0 Å². The van der Waals surface area contributed by atoms with Crippen molar-refractivity contribution in [3.8, 4) is 0 Å². The van der Waals surface area contributed by atoms with Gasteiger partial charge in [-0.2, -0.15) is 0 Å². The first-order valence-corrected chi connectivity index (χ1v) is 8.20. The summed E-state index contributed by atoms with van der Waals surface area (Å²) in [7, 11) is 0. The van der Waals surface area contributed by atoms with Crippen molar-refractivity contribution in [3.63, 3.8) is 0 Å². The fraction of sp³-hybridized carbons (Fsp3) is 0.647. The van der Waals surface area contributed by atoms with Crippen LogP contribution in [0, 0.1) is 0 Å². The van der Waals surface area contributed by atoms with Gasteiger partial charge in [0, 0.05) is 23.1 Å². The van der Waals surface area contributed by atoms with Crippen LogP contribution in [0.2, 0.25) is 5.02 Å². The van der Waals surface area contributed by atoms with Crippen molar-refractivity contribution in [2.24, 2.45) is 0 Å². The molecule has 1 heterocycles. The van der Waals surface area contributed by atoms with Gasteiger partial charge in [0.15, 0.2) is 0 Å². The standard InChI is InChI=1S/C17H27ClN2/c1-13(2)20-11-6-7-15(10-12-20)19-14(3)16-8-4-5-9-17(16)18/h4-5,8-9,13-15,19H,6-7,10-12H2,1-3H3/t14-,15?/m1/s1. The second-order valence-corrected chi connectivity index (χ2v) is 6.57. The Bertz CT molecular complexity index is 419. The molecule has 1 N–H and O–H groups in total. The molecule has 0 spiro atoms. The third-order valence-electron chi connectivity index (χ3n) is 4.35. The Kier molecular flexibility index (Phi) is 5.88. The second-order valence-electron chi connectivity index (χ2n) is 6.17. The molecule has 20 heavy (non-hydrogen) atoms. The Labute approximate surface area is 128 Å². The molecule has 0 bridgehead atoms. The Hall–Kier alpha value is -0.570. The maximum Gasteiger partial charge on any atom is 0.0453 e. The highest BCUT2D eigenvalue weighted by Gasteiger charge is 2.20. The van der Waals surface area contributed by atoms with E-state index in [0.29, 0.717) is 18.1 Å². The maximum absolute atomic E-state index is 6.29. The fourth-order valence-electron chi connectivity index (χ4n) is 3.07. The summed E-state index contributed by atoms with van der Waals surface area (Å²) in [6, 6.07) is 9.73. The maximum atomic E-state index is 6.29. The average Bonchev–Trinajstić information content (AvgIpc) is 2.65. The van der Waals surface area contributed by atoms with E-state index in [1.807, 2.05) is 12.1 Å².